The highest BCUT2D eigenvalue weighted by Gasteiger charge is 2.33. The first kappa shape index (κ1) is 24.3. The van der Waals surface area contributed by atoms with Crippen molar-refractivity contribution in [2.75, 3.05) is 11.9 Å². The molecule has 8 aromatic carbocycles. The van der Waals surface area contributed by atoms with Gasteiger partial charge in [-0.05, 0) is 66.8 Å². The maximum Gasteiger partial charge on any atom is 0.244 e. The van der Waals surface area contributed by atoms with Crippen molar-refractivity contribution >= 4 is 66.8 Å². The number of para-hydroxylation sites is 1. The van der Waals surface area contributed by atoms with Gasteiger partial charge in [-0.25, -0.2) is 0 Å². The molecule has 0 aliphatic carbocycles. The molecular weight excluding hydrogens is 517 g/mol. The average molecular weight is 545 g/mol. The van der Waals surface area contributed by atoms with E-state index in [1.165, 1.54) is 82.3 Å². The molecule has 0 N–H and O–H groups in total. The van der Waals surface area contributed by atoms with Crippen molar-refractivity contribution in [3.8, 4) is 22.3 Å². The fourth-order valence-electron chi connectivity index (χ4n) is 7.60. The quantitative estimate of drug-likeness (QED) is 0.159. The molecule has 43 heavy (non-hydrogen) atoms. The van der Waals surface area contributed by atoms with Crippen molar-refractivity contribution in [1.29, 1.82) is 0 Å². The van der Waals surface area contributed by atoms with Crippen molar-refractivity contribution < 1.29 is 0 Å². The summed E-state index contributed by atoms with van der Waals surface area (Å²) in [6.45, 7) is 0.133. The molecule has 0 unspecified atom stereocenters. The molecule has 0 spiro atoms. The first-order valence-corrected chi connectivity index (χ1v) is 15.0. The zero-order valence-electron chi connectivity index (χ0n) is 24.0. The summed E-state index contributed by atoms with van der Waals surface area (Å²) in [5.41, 5.74) is 11.6. The van der Waals surface area contributed by atoms with Crippen LogP contribution in [0.3, 0.4) is 0 Å². The Labute approximate surface area is 252 Å². The number of nitrogens with zero attached hydrogens (tertiary/aromatic N) is 1. The highest BCUT2D eigenvalue weighted by Crippen LogP contribution is 2.44. The van der Waals surface area contributed by atoms with Gasteiger partial charge >= 0.3 is 0 Å². The number of fused-ring (bicyclic) bond motifs is 1. The summed E-state index contributed by atoms with van der Waals surface area (Å²) in [5.74, 6) is 0. The van der Waals surface area contributed by atoms with Gasteiger partial charge in [-0.2, -0.15) is 0 Å². The van der Waals surface area contributed by atoms with Crippen molar-refractivity contribution in [3.05, 3.63) is 152 Å². The van der Waals surface area contributed by atoms with E-state index in [0.717, 1.165) is 0 Å². The van der Waals surface area contributed by atoms with Crippen LogP contribution in [0, 0.1) is 0 Å². The normalized spacial score (nSPS) is 12.7. The number of benzene rings is 8. The van der Waals surface area contributed by atoms with Gasteiger partial charge in [0.15, 0.2) is 0 Å². The summed E-state index contributed by atoms with van der Waals surface area (Å²) < 4.78 is 0. The van der Waals surface area contributed by atoms with Gasteiger partial charge in [0.1, 0.15) is 0 Å². The molecule has 0 fully saturated rings. The van der Waals surface area contributed by atoms with Crippen LogP contribution in [0.4, 0.5) is 11.4 Å². The lowest BCUT2D eigenvalue weighted by molar-refractivity contribution is 1.23. The third-order valence-corrected chi connectivity index (χ3v) is 9.49. The van der Waals surface area contributed by atoms with Gasteiger partial charge in [-0.3, -0.25) is 0 Å². The molecule has 2 heteroatoms. The molecule has 0 amide bonds. The Morgan fingerprint density at radius 3 is 1.95 bits per heavy atom. The van der Waals surface area contributed by atoms with Crippen molar-refractivity contribution in [2.45, 2.75) is 0 Å². The third kappa shape index (κ3) is 3.53. The van der Waals surface area contributed by atoms with Gasteiger partial charge in [0.05, 0.1) is 0 Å². The van der Waals surface area contributed by atoms with Crippen molar-refractivity contribution in [2.24, 2.45) is 0 Å². The monoisotopic (exact) mass is 545 g/mol. The molecule has 9 rings (SSSR count). The van der Waals surface area contributed by atoms with E-state index in [-0.39, 0.29) is 6.71 Å². The molecule has 0 aromatic heterocycles. The van der Waals surface area contributed by atoms with E-state index in [0.29, 0.717) is 0 Å². The minimum atomic E-state index is 0.133. The molecule has 1 nitrogen and oxygen atoms in total. The summed E-state index contributed by atoms with van der Waals surface area (Å²) in [4.78, 5) is 2.40. The molecule has 8 aromatic rings. The zero-order valence-corrected chi connectivity index (χ0v) is 24.0. The molecule has 1 heterocycles. The minimum Gasteiger partial charge on any atom is -0.345 e. The highest BCUT2D eigenvalue weighted by molar-refractivity contribution is 6.98. The largest absolute Gasteiger partial charge is 0.345 e. The Balaban J connectivity index is 1.41. The van der Waals surface area contributed by atoms with Gasteiger partial charge < -0.3 is 4.90 Å². The van der Waals surface area contributed by atoms with Gasteiger partial charge in [-0.15, -0.1) is 0 Å². The lowest BCUT2D eigenvalue weighted by atomic mass is 9.36. The molecular formula is C41H28BN. The Morgan fingerprint density at radius 1 is 0.442 bits per heavy atom. The Bertz CT molecular complexity index is 2310. The van der Waals surface area contributed by atoms with Crippen LogP contribution in [0.5, 0.6) is 0 Å². The second-order valence-electron chi connectivity index (χ2n) is 11.7. The van der Waals surface area contributed by atoms with Crippen LogP contribution in [-0.2, 0) is 0 Å². The molecule has 0 radical (unpaired) electrons. The van der Waals surface area contributed by atoms with Crippen LogP contribution >= 0.6 is 0 Å². The van der Waals surface area contributed by atoms with Crippen LogP contribution in [0.2, 0.25) is 0 Å². The summed E-state index contributed by atoms with van der Waals surface area (Å²) in [6, 6.07) is 56.0. The minimum absolute atomic E-state index is 0.133. The first-order chi connectivity index (χ1) is 21.3. The fourth-order valence-corrected chi connectivity index (χ4v) is 7.60. The Hall–Kier alpha value is -5.34. The van der Waals surface area contributed by atoms with E-state index in [1.807, 2.05) is 0 Å². The molecule has 0 saturated heterocycles. The van der Waals surface area contributed by atoms with E-state index in [1.54, 1.807) is 0 Å². The SMILES string of the molecule is CN1c2ccccc2B(c2ccccc2)c2cc3ccc(-c4ccccc4-c4ccccc4)c4ccc5ccc1c2c5c34. The first-order valence-electron chi connectivity index (χ1n) is 15.0. The van der Waals surface area contributed by atoms with Crippen LogP contribution < -0.4 is 21.3 Å². The smallest absolute Gasteiger partial charge is 0.244 e. The fraction of sp³-hybridized carbons (Fsp3) is 0.0244. The maximum atomic E-state index is 2.48. The van der Waals surface area contributed by atoms with Crippen LogP contribution in [0.1, 0.15) is 0 Å². The van der Waals surface area contributed by atoms with Gasteiger partial charge in [-0.1, -0.05) is 150 Å². The zero-order chi connectivity index (χ0) is 28.5. The summed E-state index contributed by atoms with van der Waals surface area (Å²) in [6.07, 6.45) is 0. The van der Waals surface area contributed by atoms with Crippen molar-refractivity contribution in [3.63, 3.8) is 0 Å². The number of anilines is 2. The van der Waals surface area contributed by atoms with Crippen LogP contribution in [0.15, 0.2) is 152 Å². The predicted octanol–water partition coefficient (Wildman–Crippen LogP) is 8.52. The topological polar surface area (TPSA) is 3.24 Å². The van der Waals surface area contributed by atoms with E-state index < -0.39 is 0 Å². The van der Waals surface area contributed by atoms with Crippen LogP contribution in [0.25, 0.3) is 54.6 Å². The summed E-state index contributed by atoms with van der Waals surface area (Å²) in [5, 5.41) is 7.96. The molecule has 0 bridgehead atoms. The lowest BCUT2D eigenvalue weighted by Gasteiger charge is -2.23. The Morgan fingerprint density at radius 2 is 1.12 bits per heavy atom. The third-order valence-electron chi connectivity index (χ3n) is 9.49. The van der Waals surface area contributed by atoms with E-state index in [9.17, 15) is 0 Å². The average Bonchev–Trinajstić information content (AvgIpc) is 3.18. The second-order valence-corrected chi connectivity index (χ2v) is 11.7. The van der Waals surface area contributed by atoms with Gasteiger partial charge in [0.25, 0.3) is 0 Å². The number of rotatable bonds is 3. The maximum absolute atomic E-state index is 2.48. The van der Waals surface area contributed by atoms with E-state index >= 15 is 0 Å². The Kier molecular flexibility index (Phi) is 5.27. The molecule has 200 valence electrons. The van der Waals surface area contributed by atoms with Crippen molar-refractivity contribution in [1.82, 2.24) is 0 Å². The van der Waals surface area contributed by atoms with E-state index in [2.05, 4.69) is 164 Å². The predicted molar refractivity (Wildman–Crippen MR) is 187 cm³/mol. The highest BCUT2D eigenvalue weighted by atomic mass is 15.1. The number of hydrogen-bond donors (Lipinski definition) is 0. The molecule has 0 saturated carbocycles. The van der Waals surface area contributed by atoms with E-state index in [4.69, 9.17) is 0 Å². The van der Waals surface area contributed by atoms with Crippen LogP contribution in [-0.4, -0.2) is 13.8 Å². The summed E-state index contributed by atoms with van der Waals surface area (Å²) in [7, 11) is 2.23. The lowest BCUT2D eigenvalue weighted by Crippen LogP contribution is -2.52. The molecule has 1 aliphatic rings. The standard InChI is InChI=1S/C41H28BN/c1-43-37-19-11-10-18-35(37)42(30-14-6-3-7-15-30)36-26-29-21-23-33(32-17-9-8-16-31(32)27-12-4-2-5-13-27)34-24-20-28-22-25-38(43)41(36)40(28)39(29)34/h2-26H,1H3. The van der Waals surface area contributed by atoms with Gasteiger partial charge in [0.2, 0.25) is 6.71 Å². The number of hydrogen-bond acceptors (Lipinski definition) is 1. The van der Waals surface area contributed by atoms with Gasteiger partial charge in [0, 0.05) is 23.8 Å². The molecule has 0 atom stereocenters. The molecule has 1 aliphatic heterocycles. The summed E-state index contributed by atoms with van der Waals surface area (Å²) >= 11 is 0. The second kappa shape index (κ2) is 9.34.